The number of thioether (sulfide) groups is 1. The van der Waals surface area contributed by atoms with Crippen LogP contribution in [0.2, 0.25) is 0 Å². The Balaban J connectivity index is 2.24. The zero-order chi connectivity index (χ0) is 15.5. The largest absolute Gasteiger partial charge is 0.478 e. The number of carboxylic acid groups (broad SMARTS) is 1. The van der Waals surface area contributed by atoms with Gasteiger partial charge in [0.25, 0.3) is 0 Å². The Labute approximate surface area is 123 Å². The van der Waals surface area contributed by atoms with Crippen LogP contribution < -0.4 is 0 Å². The molecular weight excluding hydrogens is 301 g/mol. The van der Waals surface area contributed by atoms with E-state index in [1.165, 1.54) is 24.3 Å². The Morgan fingerprint density at radius 1 is 1.05 bits per heavy atom. The maximum absolute atomic E-state index is 12.9. The van der Waals surface area contributed by atoms with E-state index in [-0.39, 0.29) is 16.9 Å². The molecule has 0 bridgehead atoms. The molecule has 0 aromatic heterocycles. The van der Waals surface area contributed by atoms with Gasteiger partial charge < -0.3 is 5.11 Å². The van der Waals surface area contributed by atoms with Crippen LogP contribution in [0.4, 0.5) is 13.2 Å². The number of alkyl halides is 3. The molecule has 0 unspecified atom stereocenters. The fourth-order valence-electron chi connectivity index (χ4n) is 1.85. The predicted molar refractivity (Wildman–Crippen MR) is 74.4 cm³/mol. The van der Waals surface area contributed by atoms with Gasteiger partial charge in [-0.3, -0.25) is 0 Å². The highest BCUT2D eigenvalue weighted by atomic mass is 32.2. The summed E-state index contributed by atoms with van der Waals surface area (Å²) in [6.45, 7) is 0. The van der Waals surface area contributed by atoms with Crippen molar-refractivity contribution in [3.8, 4) is 0 Å². The lowest BCUT2D eigenvalue weighted by Gasteiger charge is -2.12. The SMILES string of the molecule is O=C(O)c1ccccc1SCc1ccccc1C(F)(F)F. The van der Waals surface area contributed by atoms with Gasteiger partial charge in [0.15, 0.2) is 0 Å². The van der Waals surface area contributed by atoms with Gasteiger partial charge in [-0.2, -0.15) is 13.2 Å². The van der Waals surface area contributed by atoms with Gasteiger partial charge in [0.1, 0.15) is 0 Å². The van der Waals surface area contributed by atoms with Crippen LogP contribution in [0.25, 0.3) is 0 Å². The maximum Gasteiger partial charge on any atom is 0.416 e. The van der Waals surface area contributed by atoms with Gasteiger partial charge in [0, 0.05) is 10.6 Å². The van der Waals surface area contributed by atoms with Gasteiger partial charge in [-0.05, 0) is 23.8 Å². The summed E-state index contributed by atoms with van der Waals surface area (Å²) in [4.78, 5) is 11.5. The fraction of sp³-hybridized carbons (Fsp3) is 0.133. The van der Waals surface area contributed by atoms with Crippen molar-refractivity contribution in [2.24, 2.45) is 0 Å². The van der Waals surface area contributed by atoms with E-state index in [2.05, 4.69) is 0 Å². The molecular formula is C15H11F3O2S. The standard InChI is InChI=1S/C15H11F3O2S/c16-15(17,18)12-7-3-1-5-10(12)9-21-13-8-4-2-6-11(13)14(19)20/h1-8H,9H2,(H,19,20). The van der Waals surface area contributed by atoms with E-state index in [9.17, 15) is 18.0 Å². The van der Waals surface area contributed by atoms with Crippen molar-refractivity contribution >= 4 is 17.7 Å². The molecule has 0 fully saturated rings. The van der Waals surface area contributed by atoms with Crippen LogP contribution in [-0.2, 0) is 11.9 Å². The van der Waals surface area contributed by atoms with Gasteiger partial charge in [0.05, 0.1) is 11.1 Å². The fourth-order valence-corrected chi connectivity index (χ4v) is 2.90. The lowest BCUT2D eigenvalue weighted by molar-refractivity contribution is -0.138. The Kier molecular flexibility index (Phi) is 4.57. The van der Waals surface area contributed by atoms with Crippen LogP contribution in [0.15, 0.2) is 53.4 Å². The Hall–Kier alpha value is -1.95. The summed E-state index contributed by atoms with van der Waals surface area (Å²) >= 11 is 1.08. The lowest BCUT2D eigenvalue weighted by atomic mass is 10.1. The third kappa shape index (κ3) is 3.78. The van der Waals surface area contributed by atoms with Crippen LogP contribution in [0.1, 0.15) is 21.5 Å². The molecule has 21 heavy (non-hydrogen) atoms. The molecule has 2 aromatic rings. The van der Waals surface area contributed by atoms with Gasteiger partial charge >= 0.3 is 12.1 Å². The molecule has 0 amide bonds. The Morgan fingerprint density at radius 2 is 1.67 bits per heavy atom. The molecule has 0 saturated carbocycles. The van der Waals surface area contributed by atoms with E-state index in [1.54, 1.807) is 18.2 Å². The highest BCUT2D eigenvalue weighted by Crippen LogP contribution is 2.35. The molecule has 0 radical (unpaired) electrons. The van der Waals surface area contributed by atoms with Crippen molar-refractivity contribution in [2.45, 2.75) is 16.8 Å². The first-order valence-electron chi connectivity index (χ1n) is 6.00. The van der Waals surface area contributed by atoms with E-state index in [0.29, 0.717) is 4.90 Å². The number of hydrogen-bond acceptors (Lipinski definition) is 2. The van der Waals surface area contributed by atoms with Crippen molar-refractivity contribution in [2.75, 3.05) is 0 Å². The summed E-state index contributed by atoms with van der Waals surface area (Å²) in [5.74, 6) is -1.04. The third-order valence-electron chi connectivity index (χ3n) is 2.82. The predicted octanol–water partition coefficient (Wildman–Crippen LogP) is 4.70. The van der Waals surface area contributed by atoms with Crippen LogP contribution in [0.3, 0.4) is 0 Å². The maximum atomic E-state index is 12.9. The summed E-state index contributed by atoms with van der Waals surface area (Å²) in [6, 6.07) is 11.6. The van der Waals surface area contributed by atoms with Crippen molar-refractivity contribution in [1.82, 2.24) is 0 Å². The van der Waals surface area contributed by atoms with E-state index in [0.717, 1.165) is 17.8 Å². The molecule has 0 aliphatic rings. The quantitative estimate of drug-likeness (QED) is 0.832. The first-order valence-corrected chi connectivity index (χ1v) is 6.98. The minimum atomic E-state index is -4.41. The van der Waals surface area contributed by atoms with E-state index >= 15 is 0 Å². The number of hydrogen-bond donors (Lipinski definition) is 1. The monoisotopic (exact) mass is 312 g/mol. The number of carbonyl (C=O) groups is 1. The van der Waals surface area contributed by atoms with Crippen molar-refractivity contribution in [3.05, 3.63) is 65.2 Å². The highest BCUT2D eigenvalue weighted by Gasteiger charge is 2.32. The molecule has 0 spiro atoms. The van der Waals surface area contributed by atoms with E-state index in [4.69, 9.17) is 5.11 Å². The zero-order valence-electron chi connectivity index (χ0n) is 10.7. The second kappa shape index (κ2) is 6.22. The second-order valence-corrected chi connectivity index (χ2v) is 5.26. The van der Waals surface area contributed by atoms with E-state index < -0.39 is 17.7 Å². The number of rotatable bonds is 4. The van der Waals surface area contributed by atoms with Gasteiger partial charge in [-0.25, -0.2) is 4.79 Å². The zero-order valence-corrected chi connectivity index (χ0v) is 11.5. The van der Waals surface area contributed by atoms with Crippen molar-refractivity contribution in [1.29, 1.82) is 0 Å². The topological polar surface area (TPSA) is 37.3 Å². The Bertz CT molecular complexity index is 653. The first-order chi connectivity index (χ1) is 9.89. The molecule has 0 atom stereocenters. The van der Waals surface area contributed by atoms with Gasteiger partial charge in [-0.1, -0.05) is 30.3 Å². The summed E-state index contributed by atoms with van der Waals surface area (Å²) < 4.78 is 38.6. The average Bonchev–Trinajstić information content (AvgIpc) is 2.44. The molecule has 0 heterocycles. The number of halogens is 3. The molecule has 1 N–H and O–H groups in total. The van der Waals surface area contributed by atoms with Crippen molar-refractivity contribution < 1.29 is 23.1 Å². The average molecular weight is 312 g/mol. The highest BCUT2D eigenvalue weighted by molar-refractivity contribution is 7.98. The summed E-state index contributed by atoms with van der Waals surface area (Å²) in [6.07, 6.45) is -4.41. The molecule has 2 aromatic carbocycles. The van der Waals surface area contributed by atoms with Crippen molar-refractivity contribution in [3.63, 3.8) is 0 Å². The summed E-state index contributed by atoms with van der Waals surface area (Å²) in [5, 5.41) is 9.05. The van der Waals surface area contributed by atoms with Gasteiger partial charge in [0.2, 0.25) is 0 Å². The second-order valence-electron chi connectivity index (χ2n) is 4.24. The normalized spacial score (nSPS) is 11.4. The molecule has 2 rings (SSSR count). The molecule has 0 aliphatic heterocycles. The number of carboxylic acids is 1. The smallest absolute Gasteiger partial charge is 0.416 e. The van der Waals surface area contributed by atoms with Gasteiger partial charge in [-0.15, -0.1) is 11.8 Å². The van der Waals surface area contributed by atoms with Crippen LogP contribution in [-0.4, -0.2) is 11.1 Å². The number of aromatic carboxylic acids is 1. The van der Waals surface area contributed by atoms with Crippen LogP contribution >= 0.6 is 11.8 Å². The summed E-state index contributed by atoms with van der Waals surface area (Å²) in [5.41, 5.74) is -0.465. The first kappa shape index (κ1) is 15.4. The molecule has 0 saturated heterocycles. The van der Waals surface area contributed by atoms with Crippen LogP contribution in [0.5, 0.6) is 0 Å². The molecule has 110 valence electrons. The summed E-state index contributed by atoms with van der Waals surface area (Å²) in [7, 11) is 0. The van der Waals surface area contributed by atoms with Crippen LogP contribution in [0, 0.1) is 0 Å². The lowest BCUT2D eigenvalue weighted by Crippen LogP contribution is -2.08. The minimum absolute atomic E-state index is 0.0555. The third-order valence-corrected chi connectivity index (χ3v) is 3.95. The molecule has 6 heteroatoms. The van der Waals surface area contributed by atoms with E-state index in [1.807, 2.05) is 0 Å². The molecule has 2 nitrogen and oxygen atoms in total. The minimum Gasteiger partial charge on any atom is -0.478 e. The Morgan fingerprint density at radius 3 is 2.33 bits per heavy atom. The number of benzene rings is 2. The molecule has 0 aliphatic carbocycles.